The van der Waals surface area contributed by atoms with Crippen LogP contribution in [0.1, 0.15) is 23.5 Å². The predicted octanol–water partition coefficient (Wildman–Crippen LogP) is 3.15. The first kappa shape index (κ1) is 17.9. The normalized spacial score (nSPS) is 15.6. The van der Waals surface area contributed by atoms with Crippen LogP contribution < -0.4 is 14.8 Å². The van der Waals surface area contributed by atoms with Gasteiger partial charge in [-0.05, 0) is 17.7 Å². The molecule has 0 saturated heterocycles. The molecule has 0 spiro atoms. The number of rotatable bonds is 6. The van der Waals surface area contributed by atoms with Gasteiger partial charge in [-0.3, -0.25) is 4.79 Å². The fourth-order valence-electron chi connectivity index (χ4n) is 3.52. The Labute approximate surface area is 162 Å². The summed E-state index contributed by atoms with van der Waals surface area (Å²) < 4.78 is 13.6. The number of anilines is 1. The van der Waals surface area contributed by atoms with Gasteiger partial charge in [0.2, 0.25) is 5.91 Å². The number of phenolic OH excluding ortho intramolecular Hbond substituents is 1. The van der Waals surface area contributed by atoms with Crippen LogP contribution in [0.4, 0.5) is 5.69 Å². The van der Waals surface area contributed by atoms with Crippen LogP contribution in [-0.2, 0) is 11.3 Å². The molecule has 1 aliphatic rings. The van der Waals surface area contributed by atoms with Crippen LogP contribution in [-0.4, -0.2) is 34.3 Å². The molecule has 28 heavy (non-hydrogen) atoms. The lowest BCUT2D eigenvalue weighted by atomic mass is 9.84. The first-order valence-corrected chi connectivity index (χ1v) is 9.04. The van der Waals surface area contributed by atoms with Crippen LogP contribution in [0, 0.1) is 0 Å². The number of hydrogen-bond acceptors (Lipinski definition) is 5. The molecule has 0 radical (unpaired) electrons. The number of hydrogen-bond donors (Lipinski definition) is 2. The number of nitrogens with one attached hydrogen (secondary N) is 1. The molecule has 0 bridgehead atoms. The number of carbonyl (C=O) groups excluding carboxylic acids is 1. The first-order valence-electron chi connectivity index (χ1n) is 9.04. The zero-order valence-electron chi connectivity index (χ0n) is 15.5. The minimum atomic E-state index is -0.192. The van der Waals surface area contributed by atoms with Crippen LogP contribution >= 0.6 is 0 Å². The highest BCUT2D eigenvalue weighted by Crippen LogP contribution is 2.44. The lowest BCUT2D eigenvalue weighted by molar-refractivity contribution is -0.116. The summed E-state index contributed by atoms with van der Waals surface area (Å²) in [4.78, 5) is 16.3. The molecule has 1 amide bonds. The molecule has 144 valence electrons. The first-order chi connectivity index (χ1) is 13.7. The van der Waals surface area contributed by atoms with Crippen LogP contribution in [0.15, 0.2) is 55.1 Å². The van der Waals surface area contributed by atoms with Crippen LogP contribution in [0.3, 0.4) is 0 Å². The highest BCUT2D eigenvalue weighted by atomic mass is 16.5. The van der Waals surface area contributed by atoms with Gasteiger partial charge in [-0.25, -0.2) is 4.98 Å². The standard InChI is InChI=1S/C21H21N3O4/c1-27-19-4-2-3-16(21(19)28-10-9-24-8-7-22-13-24)17-12-20(26)23-18-11-14(25)5-6-15(17)18/h2-8,11,13,17,25H,9-10,12H2,1H3,(H,23,26). The molecule has 7 heteroatoms. The third-order valence-electron chi connectivity index (χ3n) is 4.84. The third-order valence-corrected chi connectivity index (χ3v) is 4.84. The maximum absolute atomic E-state index is 12.3. The van der Waals surface area contributed by atoms with Crippen molar-refractivity contribution in [1.29, 1.82) is 0 Å². The van der Waals surface area contributed by atoms with E-state index in [0.717, 1.165) is 11.1 Å². The molecule has 3 aromatic rings. The second-order valence-corrected chi connectivity index (χ2v) is 6.60. The van der Waals surface area contributed by atoms with E-state index in [4.69, 9.17) is 9.47 Å². The Kier molecular flexibility index (Phi) is 4.89. The van der Waals surface area contributed by atoms with Gasteiger partial charge in [-0.1, -0.05) is 18.2 Å². The van der Waals surface area contributed by atoms with Crippen molar-refractivity contribution in [1.82, 2.24) is 9.55 Å². The van der Waals surface area contributed by atoms with E-state index in [1.165, 1.54) is 0 Å². The second-order valence-electron chi connectivity index (χ2n) is 6.60. The topological polar surface area (TPSA) is 85.6 Å². The fraction of sp³-hybridized carbons (Fsp3) is 0.238. The van der Waals surface area contributed by atoms with Crippen LogP contribution in [0.2, 0.25) is 0 Å². The number of nitrogens with zero attached hydrogens (tertiary/aromatic N) is 2. The number of imidazole rings is 1. The summed E-state index contributed by atoms with van der Waals surface area (Å²) in [6, 6.07) is 10.7. The largest absolute Gasteiger partial charge is 0.508 e. The van der Waals surface area contributed by atoms with E-state index < -0.39 is 0 Å². The molecule has 7 nitrogen and oxygen atoms in total. The number of fused-ring (bicyclic) bond motifs is 1. The van der Waals surface area contributed by atoms with Crippen LogP contribution in [0.5, 0.6) is 17.2 Å². The van der Waals surface area contributed by atoms with Gasteiger partial charge in [0.05, 0.1) is 20.0 Å². The Bertz CT molecular complexity index is 985. The van der Waals surface area contributed by atoms with Gasteiger partial charge in [-0.2, -0.15) is 0 Å². The maximum Gasteiger partial charge on any atom is 0.225 e. The summed E-state index contributed by atoms with van der Waals surface area (Å²) >= 11 is 0. The third kappa shape index (κ3) is 3.51. The highest BCUT2D eigenvalue weighted by molar-refractivity contribution is 5.95. The number of para-hydroxylation sites is 1. The highest BCUT2D eigenvalue weighted by Gasteiger charge is 2.30. The van der Waals surface area contributed by atoms with Crippen molar-refractivity contribution < 1.29 is 19.4 Å². The monoisotopic (exact) mass is 379 g/mol. The number of ether oxygens (including phenoxy) is 2. The molecule has 0 fully saturated rings. The number of methoxy groups -OCH3 is 1. The molecular formula is C21H21N3O4. The zero-order valence-corrected chi connectivity index (χ0v) is 15.5. The van der Waals surface area contributed by atoms with Crippen molar-refractivity contribution in [2.45, 2.75) is 18.9 Å². The number of aromatic nitrogens is 2. The molecular weight excluding hydrogens is 358 g/mol. The molecule has 2 N–H and O–H groups in total. The van der Waals surface area contributed by atoms with Crippen molar-refractivity contribution in [3.63, 3.8) is 0 Å². The Morgan fingerprint density at radius 1 is 1.29 bits per heavy atom. The lowest BCUT2D eigenvalue weighted by Gasteiger charge is -2.28. The summed E-state index contributed by atoms with van der Waals surface area (Å²) in [5, 5.41) is 12.6. The number of aromatic hydroxyl groups is 1. The molecule has 0 aliphatic carbocycles. The number of amides is 1. The Morgan fingerprint density at radius 3 is 2.96 bits per heavy atom. The van der Waals surface area contributed by atoms with Gasteiger partial charge in [0.1, 0.15) is 12.4 Å². The molecule has 1 unspecified atom stereocenters. The van der Waals surface area contributed by atoms with Crippen molar-refractivity contribution in [2.24, 2.45) is 0 Å². The van der Waals surface area contributed by atoms with Gasteiger partial charge in [-0.15, -0.1) is 0 Å². The summed E-state index contributed by atoms with van der Waals surface area (Å²) in [6.45, 7) is 1.08. The summed E-state index contributed by atoms with van der Waals surface area (Å²) in [5.74, 6) is 1.07. The second kappa shape index (κ2) is 7.64. The van der Waals surface area contributed by atoms with Crippen molar-refractivity contribution in [2.75, 3.05) is 19.0 Å². The molecule has 1 aliphatic heterocycles. The van der Waals surface area contributed by atoms with E-state index in [1.807, 2.05) is 35.0 Å². The van der Waals surface area contributed by atoms with E-state index in [2.05, 4.69) is 10.3 Å². The molecule has 1 aromatic heterocycles. The molecule has 2 heterocycles. The SMILES string of the molecule is COc1cccc(C2CC(=O)Nc3cc(O)ccc32)c1OCCn1ccnc1. The summed E-state index contributed by atoms with van der Waals surface area (Å²) in [5.41, 5.74) is 2.44. The smallest absolute Gasteiger partial charge is 0.225 e. The minimum absolute atomic E-state index is 0.102. The zero-order chi connectivity index (χ0) is 19.5. The van der Waals surface area contributed by atoms with E-state index in [0.29, 0.717) is 36.8 Å². The van der Waals surface area contributed by atoms with Gasteiger partial charge in [0, 0.05) is 42.0 Å². The summed E-state index contributed by atoms with van der Waals surface area (Å²) in [7, 11) is 1.60. The van der Waals surface area contributed by atoms with E-state index in [-0.39, 0.29) is 17.6 Å². The number of carbonyl (C=O) groups is 1. The lowest BCUT2D eigenvalue weighted by Crippen LogP contribution is -2.24. The maximum atomic E-state index is 12.3. The van der Waals surface area contributed by atoms with Gasteiger partial charge >= 0.3 is 0 Å². The number of phenols is 1. The van der Waals surface area contributed by atoms with Gasteiger partial charge in [0.25, 0.3) is 0 Å². The van der Waals surface area contributed by atoms with E-state index in [1.54, 1.807) is 31.8 Å². The Hall–Kier alpha value is -3.48. The molecule has 1 atom stereocenters. The van der Waals surface area contributed by atoms with Crippen molar-refractivity contribution in [3.05, 3.63) is 66.2 Å². The Morgan fingerprint density at radius 2 is 2.18 bits per heavy atom. The molecule has 0 saturated carbocycles. The van der Waals surface area contributed by atoms with Crippen molar-refractivity contribution in [3.8, 4) is 17.2 Å². The molecule has 4 rings (SSSR count). The average Bonchev–Trinajstić information content (AvgIpc) is 3.20. The van der Waals surface area contributed by atoms with Gasteiger partial charge in [0.15, 0.2) is 11.5 Å². The average molecular weight is 379 g/mol. The van der Waals surface area contributed by atoms with E-state index in [9.17, 15) is 9.90 Å². The predicted molar refractivity (Wildman–Crippen MR) is 104 cm³/mol. The van der Waals surface area contributed by atoms with Gasteiger partial charge < -0.3 is 24.5 Å². The summed E-state index contributed by atoms with van der Waals surface area (Å²) in [6.07, 6.45) is 5.63. The van der Waals surface area contributed by atoms with Crippen molar-refractivity contribution >= 4 is 11.6 Å². The minimum Gasteiger partial charge on any atom is -0.508 e. The van der Waals surface area contributed by atoms with E-state index >= 15 is 0 Å². The Balaban J connectivity index is 1.68. The number of benzene rings is 2. The van der Waals surface area contributed by atoms with Crippen LogP contribution in [0.25, 0.3) is 0 Å². The fourth-order valence-corrected chi connectivity index (χ4v) is 3.52. The quantitative estimate of drug-likeness (QED) is 0.687. The molecule has 2 aromatic carbocycles.